The molecule has 1 aromatic heterocycles. The van der Waals surface area contributed by atoms with Crippen LogP contribution in [0.4, 0.5) is 0 Å². The standard InChI is InChI=1S/C12H17N3O4S/c1-3-20(18,19)10-5-14(6-10)12(17)7-15-8-13-9(2)4-11(15)16/h4,8,10H,3,5-7H2,1-2H3. The fourth-order valence-corrected chi connectivity index (χ4v) is 3.27. The smallest absolute Gasteiger partial charge is 0.253 e. The monoisotopic (exact) mass is 299 g/mol. The maximum absolute atomic E-state index is 11.9. The number of carbonyl (C=O) groups excluding carboxylic acids is 1. The van der Waals surface area contributed by atoms with Gasteiger partial charge in [0.1, 0.15) is 6.54 Å². The van der Waals surface area contributed by atoms with Gasteiger partial charge in [0.25, 0.3) is 5.56 Å². The highest BCUT2D eigenvalue weighted by Gasteiger charge is 2.38. The normalized spacial score (nSPS) is 16.0. The number of hydrogen-bond donors (Lipinski definition) is 0. The predicted octanol–water partition coefficient (Wildman–Crippen LogP) is -0.803. The number of hydrogen-bond acceptors (Lipinski definition) is 5. The lowest BCUT2D eigenvalue weighted by Crippen LogP contribution is -2.58. The summed E-state index contributed by atoms with van der Waals surface area (Å²) in [6.45, 7) is 3.61. The molecule has 0 unspecified atom stereocenters. The second-order valence-electron chi connectivity index (χ2n) is 4.87. The van der Waals surface area contributed by atoms with Gasteiger partial charge >= 0.3 is 0 Å². The van der Waals surface area contributed by atoms with Crippen LogP contribution in [0.15, 0.2) is 17.2 Å². The van der Waals surface area contributed by atoms with Crippen molar-refractivity contribution in [1.29, 1.82) is 0 Å². The minimum Gasteiger partial charge on any atom is -0.338 e. The minimum absolute atomic E-state index is 0.0844. The average molecular weight is 299 g/mol. The Hall–Kier alpha value is -1.70. The Balaban J connectivity index is 1.97. The first-order chi connectivity index (χ1) is 9.33. The van der Waals surface area contributed by atoms with Crippen molar-refractivity contribution in [2.75, 3.05) is 18.8 Å². The van der Waals surface area contributed by atoms with E-state index in [4.69, 9.17) is 0 Å². The van der Waals surface area contributed by atoms with Crippen LogP contribution in [0.1, 0.15) is 12.6 Å². The molecule has 1 amide bonds. The molecule has 0 radical (unpaired) electrons. The van der Waals surface area contributed by atoms with Crippen molar-refractivity contribution in [2.45, 2.75) is 25.6 Å². The van der Waals surface area contributed by atoms with E-state index in [0.717, 1.165) is 0 Å². The number of sulfone groups is 1. The molecule has 0 bridgehead atoms. The van der Waals surface area contributed by atoms with Gasteiger partial charge in [0, 0.05) is 30.6 Å². The van der Waals surface area contributed by atoms with Crippen LogP contribution in [0.25, 0.3) is 0 Å². The number of likely N-dealkylation sites (tertiary alicyclic amines) is 1. The number of aryl methyl sites for hydroxylation is 1. The summed E-state index contributed by atoms with van der Waals surface area (Å²) in [4.78, 5) is 29.0. The second kappa shape index (κ2) is 5.35. The molecular formula is C12H17N3O4S. The van der Waals surface area contributed by atoms with Crippen molar-refractivity contribution in [1.82, 2.24) is 14.5 Å². The molecule has 0 saturated carbocycles. The lowest BCUT2D eigenvalue weighted by Gasteiger charge is -2.38. The summed E-state index contributed by atoms with van der Waals surface area (Å²) in [5, 5.41) is -0.468. The maximum Gasteiger partial charge on any atom is 0.253 e. The van der Waals surface area contributed by atoms with Crippen LogP contribution in [-0.2, 0) is 21.2 Å². The van der Waals surface area contributed by atoms with E-state index in [-0.39, 0.29) is 36.9 Å². The molecule has 0 spiro atoms. The van der Waals surface area contributed by atoms with Gasteiger partial charge in [-0.1, -0.05) is 6.92 Å². The molecule has 2 rings (SSSR count). The van der Waals surface area contributed by atoms with E-state index in [1.165, 1.54) is 21.9 Å². The summed E-state index contributed by atoms with van der Waals surface area (Å²) in [6, 6.07) is 1.35. The quantitative estimate of drug-likeness (QED) is 0.726. The zero-order chi connectivity index (χ0) is 14.9. The van der Waals surface area contributed by atoms with Gasteiger partial charge in [-0.05, 0) is 6.92 Å². The van der Waals surface area contributed by atoms with E-state index < -0.39 is 15.1 Å². The molecule has 0 aromatic carbocycles. The zero-order valence-electron chi connectivity index (χ0n) is 11.4. The van der Waals surface area contributed by atoms with Crippen LogP contribution in [0.2, 0.25) is 0 Å². The van der Waals surface area contributed by atoms with Crippen molar-refractivity contribution in [3.8, 4) is 0 Å². The number of aromatic nitrogens is 2. The van der Waals surface area contributed by atoms with E-state index in [1.54, 1.807) is 13.8 Å². The van der Waals surface area contributed by atoms with Gasteiger partial charge < -0.3 is 4.90 Å². The van der Waals surface area contributed by atoms with E-state index in [9.17, 15) is 18.0 Å². The Morgan fingerprint density at radius 3 is 2.65 bits per heavy atom. The molecule has 1 saturated heterocycles. The fraction of sp³-hybridized carbons (Fsp3) is 0.583. The molecule has 1 aliphatic rings. The van der Waals surface area contributed by atoms with Crippen molar-refractivity contribution >= 4 is 15.7 Å². The van der Waals surface area contributed by atoms with Crippen LogP contribution >= 0.6 is 0 Å². The van der Waals surface area contributed by atoms with Crippen LogP contribution in [0, 0.1) is 6.92 Å². The lowest BCUT2D eigenvalue weighted by molar-refractivity contribution is -0.135. The van der Waals surface area contributed by atoms with Crippen LogP contribution in [-0.4, -0.2) is 52.9 Å². The molecule has 110 valence electrons. The highest BCUT2D eigenvalue weighted by Crippen LogP contribution is 2.17. The first-order valence-electron chi connectivity index (χ1n) is 6.36. The maximum atomic E-state index is 11.9. The number of amides is 1. The zero-order valence-corrected chi connectivity index (χ0v) is 12.3. The molecule has 1 aromatic rings. The number of rotatable bonds is 4. The average Bonchev–Trinajstić information content (AvgIpc) is 2.30. The van der Waals surface area contributed by atoms with E-state index in [2.05, 4.69) is 4.98 Å². The fourth-order valence-electron chi connectivity index (χ4n) is 1.99. The third kappa shape index (κ3) is 2.90. The van der Waals surface area contributed by atoms with Gasteiger partial charge in [-0.15, -0.1) is 0 Å². The molecule has 0 aliphatic carbocycles. The van der Waals surface area contributed by atoms with Gasteiger partial charge in [-0.25, -0.2) is 13.4 Å². The third-order valence-corrected chi connectivity index (χ3v) is 5.55. The summed E-state index contributed by atoms with van der Waals surface area (Å²) in [6.07, 6.45) is 1.33. The molecule has 20 heavy (non-hydrogen) atoms. The van der Waals surface area contributed by atoms with Crippen molar-refractivity contribution in [3.63, 3.8) is 0 Å². The van der Waals surface area contributed by atoms with E-state index >= 15 is 0 Å². The highest BCUT2D eigenvalue weighted by atomic mass is 32.2. The van der Waals surface area contributed by atoms with Crippen LogP contribution in [0.3, 0.4) is 0 Å². The molecule has 0 atom stereocenters. The van der Waals surface area contributed by atoms with Gasteiger partial charge in [0.05, 0.1) is 11.6 Å². The predicted molar refractivity (Wildman–Crippen MR) is 73.1 cm³/mol. The Morgan fingerprint density at radius 1 is 1.45 bits per heavy atom. The van der Waals surface area contributed by atoms with Gasteiger partial charge in [0.15, 0.2) is 9.84 Å². The second-order valence-corrected chi connectivity index (χ2v) is 7.44. The first-order valence-corrected chi connectivity index (χ1v) is 8.07. The van der Waals surface area contributed by atoms with Gasteiger partial charge in [0.2, 0.25) is 5.91 Å². The summed E-state index contributed by atoms with van der Waals surface area (Å²) < 4.78 is 24.4. The van der Waals surface area contributed by atoms with Crippen molar-refractivity contribution < 1.29 is 13.2 Å². The Kier molecular flexibility index (Phi) is 3.94. The van der Waals surface area contributed by atoms with Crippen molar-refractivity contribution in [2.24, 2.45) is 0 Å². The molecule has 1 aliphatic heterocycles. The van der Waals surface area contributed by atoms with Crippen LogP contribution in [0.5, 0.6) is 0 Å². The summed E-state index contributed by atoms with van der Waals surface area (Å²) in [5.41, 5.74) is 0.306. The molecule has 0 N–H and O–H groups in total. The highest BCUT2D eigenvalue weighted by molar-refractivity contribution is 7.92. The number of carbonyl (C=O) groups is 1. The third-order valence-electron chi connectivity index (χ3n) is 3.43. The summed E-state index contributed by atoms with van der Waals surface area (Å²) in [5.74, 6) is -0.179. The summed E-state index contributed by atoms with van der Waals surface area (Å²) in [7, 11) is -3.09. The topological polar surface area (TPSA) is 89.3 Å². The van der Waals surface area contributed by atoms with Gasteiger partial charge in [-0.3, -0.25) is 14.2 Å². The molecule has 8 heteroatoms. The van der Waals surface area contributed by atoms with Crippen LogP contribution < -0.4 is 5.56 Å². The Labute approximate surface area is 117 Å². The van der Waals surface area contributed by atoms with E-state index in [0.29, 0.717) is 5.69 Å². The van der Waals surface area contributed by atoms with Crippen molar-refractivity contribution in [3.05, 3.63) is 28.4 Å². The Morgan fingerprint density at radius 2 is 2.10 bits per heavy atom. The minimum atomic E-state index is -3.09. The van der Waals surface area contributed by atoms with Gasteiger partial charge in [-0.2, -0.15) is 0 Å². The lowest BCUT2D eigenvalue weighted by atomic mass is 10.2. The number of nitrogens with zero attached hydrogens (tertiary/aromatic N) is 3. The van der Waals surface area contributed by atoms with E-state index in [1.807, 2.05) is 0 Å². The Bertz CT molecular complexity index is 674. The molecule has 1 fully saturated rings. The molecule has 7 nitrogen and oxygen atoms in total. The first kappa shape index (κ1) is 14.7. The summed E-state index contributed by atoms with van der Waals surface area (Å²) >= 11 is 0. The molecular weight excluding hydrogens is 282 g/mol. The largest absolute Gasteiger partial charge is 0.338 e. The molecule has 2 heterocycles. The SMILES string of the molecule is CCS(=O)(=O)C1CN(C(=O)Cn2cnc(C)cc2=O)C1.